The molecule has 4 nitrogen and oxygen atoms in total. The lowest BCUT2D eigenvalue weighted by atomic mass is 10.00. The zero-order valence-corrected chi connectivity index (χ0v) is 10.5. The minimum Gasteiger partial charge on any atom is -0.384 e. The lowest BCUT2D eigenvalue weighted by molar-refractivity contribution is 0.522. The number of nitrogens with two attached hydrogens (primary N) is 2. The second-order valence-corrected chi connectivity index (χ2v) is 4.49. The molecule has 1 aromatic heterocycles. The van der Waals surface area contributed by atoms with Crippen molar-refractivity contribution in [3.8, 4) is 0 Å². The molecule has 1 aromatic carbocycles. The molecule has 5 N–H and O–H groups in total. The first-order valence-electron chi connectivity index (χ1n) is 6.08. The van der Waals surface area contributed by atoms with Crippen LogP contribution >= 0.6 is 0 Å². The van der Waals surface area contributed by atoms with Gasteiger partial charge in [0.2, 0.25) is 0 Å². The van der Waals surface area contributed by atoms with Crippen LogP contribution in [-0.2, 0) is 12.8 Å². The maximum atomic E-state index is 12.8. The van der Waals surface area contributed by atoms with E-state index in [1.165, 1.54) is 12.1 Å². The van der Waals surface area contributed by atoms with Crippen LogP contribution in [0.3, 0.4) is 0 Å². The van der Waals surface area contributed by atoms with Crippen LogP contribution in [0.25, 0.3) is 0 Å². The third-order valence-corrected chi connectivity index (χ3v) is 2.96. The fourth-order valence-electron chi connectivity index (χ4n) is 2.00. The van der Waals surface area contributed by atoms with Gasteiger partial charge in [-0.1, -0.05) is 12.1 Å². The molecule has 0 aliphatic heterocycles. The summed E-state index contributed by atoms with van der Waals surface area (Å²) in [7, 11) is 0. The van der Waals surface area contributed by atoms with Crippen molar-refractivity contribution in [1.82, 2.24) is 10.4 Å². The first kappa shape index (κ1) is 13.5. The van der Waals surface area contributed by atoms with Gasteiger partial charge >= 0.3 is 0 Å². The molecule has 100 valence electrons. The molecule has 1 unspecified atom stereocenters. The van der Waals surface area contributed by atoms with Gasteiger partial charge in [-0.3, -0.25) is 11.3 Å². The van der Waals surface area contributed by atoms with Crippen molar-refractivity contribution in [2.45, 2.75) is 18.9 Å². The van der Waals surface area contributed by atoms with E-state index in [1.807, 2.05) is 12.1 Å². The largest absolute Gasteiger partial charge is 0.384 e. The molecule has 0 radical (unpaired) electrons. The average Bonchev–Trinajstić information content (AvgIpc) is 2.40. The predicted octanol–water partition coefficient (Wildman–Crippen LogP) is 1.42. The quantitative estimate of drug-likeness (QED) is 0.561. The number of nitrogens with one attached hydrogen (secondary N) is 1. The number of nitrogens with zero attached hydrogens (tertiary/aromatic N) is 1. The summed E-state index contributed by atoms with van der Waals surface area (Å²) in [6.45, 7) is 0. The SMILES string of the molecule is NNC(Cc1ccc(F)cc1)Cc1ccnc(N)c1. The third kappa shape index (κ3) is 4.01. The van der Waals surface area contributed by atoms with E-state index in [1.54, 1.807) is 18.3 Å². The highest BCUT2D eigenvalue weighted by atomic mass is 19.1. The number of benzene rings is 1. The summed E-state index contributed by atoms with van der Waals surface area (Å²) in [6.07, 6.45) is 3.13. The summed E-state index contributed by atoms with van der Waals surface area (Å²) in [6, 6.07) is 10.2. The van der Waals surface area contributed by atoms with Gasteiger partial charge in [0.1, 0.15) is 11.6 Å². The Kier molecular flexibility index (Phi) is 4.43. The predicted molar refractivity (Wildman–Crippen MR) is 73.6 cm³/mol. The molecule has 0 aliphatic rings. The van der Waals surface area contributed by atoms with Crippen LogP contribution in [0.1, 0.15) is 11.1 Å². The van der Waals surface area contributed by atoms with Crippen LogP contribution in [-0.4, -0.2) is 11.0 Å². The van der Waals surface area contributed by atoms with Crippen LogP contribution in [0.15, 0.2) is 42.6 Å². The Morgan fingerprint density at radius 2 is 1.79 bits per heavy atom. The van der Waals surface area contributed by atoms with Gasteiger partial charge < -0.3 is 5.73 Å². The minimum absolute atomic E-state index is 0.0623. The molecular formula is C14H17FN4. The number of anilines is 1. The number of rotatable bonds is 5. The molecule has 2 rings (SSSR count). The fraction of sp³-hybridized carbons (Fsp3) is 0.214. The Bertz CT molecular complexity index is 527. The maximum Gasteiger partial charge on any atom is 0.123 e. The van der Waals surface area contributed by atoms with Gasteiger partial charge in [0, 0.05) is 12.2 Å². The summed E-state index contributed by atoms with van der Waals surface area (Å²) in [5.74, 6) is 5.83. The highest BCUT2D eigenvalue weighted by Gasteiger charge is 2.09. The molecular weight excluding hydrogens is 243 g/mol. The molecule has 1 atom stereocenters. The highest BCUT2D eigenvalue weighted by molar-refractivity contribution is 5.32. The molecule has 1 heterocycles. The van der Waals surface area contributed by atoms with Crippen molar-refractivity contribution < 1.29 is 4.39 Å². The number of hydrazine groups is 1. The van der Waals surface area contributed by atoms with Gasteiger partial charge in [-0.15, -0.1) is 0 Å². The minimum atomic E-state index is -0.233. The Morgan fingerprint density at radius 3 is 2.42 bits per heavy atom. The van der Waals surface area contributed by atoms with E-state index in [2.05, 4.69) is 10.4 Å². The van der Waals surface area contributed by atoms with E-state index < -0.39 is 0 Å². The van der Waals surface area contributed by atoms with Gasteiger partial charge in [0.15, 0.2) is 0 Å². The molecule has 0 amide bonds. The molecule has 19 heavy (non-hydrogen) atoms. The van der Waals surface area contributed by atoms with Crippen molar-refractivity contribution in [3.05, 3.63) is 59.5 Å². The second-order valence-electron chi connectivity index (χ2n) is 4.49. The number of halogens is 1. The number of aromatic nitrogens is 1. The van der Waals surface area contributed by atoms with Crippen LogP contribution in [0.2, 0.25) is 0 Å². The molecule has 0 saturated heterocycles. The topological polar surface area (TPSA) is 77.0 Å². The Labute approximate surface area is 111 Å². The van der Waals surface area contributed by atoms with Crippen LogP contribution in [0, 0.1) is 5.82 Å². The molecule has 0 bridgehead atoms. The Morgan fingerprint density at radius 1 is 1.11 bits per heavy atom. The first-order valence-corrected chi connectivity index (χ1v) is 6.08. The summed E-state index contributed by atoms with van der Waals surface area (Å²) in [5, 5.41) is 0. The summed E-state index contributed by atoms with van der Waals surface area (Å²) in [4.78, 5) is 3.95. The molecule has 0 fully saturated rings. The van der Waals surface area contributed by atoms with E-state index in [0.29, 0.717) is 5.82 Å². The van der Waals surface area contributed by atoms with Gasteiger partial charge in [-0.2, -0.15) is 0 Å². The van der Waals surface area contributed by atoms with E-state index in [0.717, 1.165) is 24.0 Å². The molecule has 2 aromatic rings. The van der Waals surface area contributed by atoms with Crippen molar-refractivity contribution in [3.63, 3.8) is 0 Å². The zero-order valence-electron chi connectivity index (χ0n) is 10.5. The van der Waals surface area contributed by atoms with Crippen LogP contribution in [0.4, 0.5) is 10.2 Å². The Hall–Kier alpha value is -1.98. The van der Waals surface area contributed by atoms with Gasteiger partial charge in [0.05, 0.1) is 0 Å². The number of hydrogen-bond donors (Lipinski definition) is 3. The third-order valence-electron chi connectivity index (χ3n) is 2.96. The molecule has 0 spiro atoms. The first-order chi connectivity index (χ1) is 9.17. The van der Waals surface area contributed by atoms with E-state index in [4.69, 9.17) is 11.6 Å². The average molecular weight is 260 g/mol. The van der Waals surface area contributed by atoms with Crippen molar-refractivity contribution in [2.75, 3.05) is 5.73 Å². The smallest absolute Gasteiger partial charge is 0.123 e. The zero-order chi connectivity index (χ0) is 13.7. The summed E-state index contributed by atoms with van der Waals surface area (Å²) >= 11 is 0. The summed E-state index contributed by atoms with van der Waals surface area (Å²) in [5.41, 5.74) is 10.5. The van der Waals surface area contributed by atoms with Crippen molar-refractivity contribution in [1.29, 1.82) is 0 Å². The monoisotopic (exact) mass is 260 g/mol. The Balaban J connectivity index is 2.02. The number of nitrogen functional groups attached to an aromatic ring is 1. The van der Waals surface area contributed by atoms with E-state index >= 15 is 0 Å². The lowest BCUT2D eigenvalue weighted by Crippen LogP contribution is -2.38. The lowest BCUT2D eigenvalue weighted by Gasteiger charge is -2.16. The van der Waals surface area contributed by atoms with Crippen molar-refractivity contribution >= 4 is 5.82 Å². The van der Waals surface area contributed by atoms with Crippen molar-refractivity contribution in [2.24, 2.45) is 5.84 Å². The van der Waals surface area contributed by atoms with E-state index in [-0.39, 0.29) is 11.9 Å². The standard InChI is InChI=1S/C14H17FN4/c15-12-3-1-10(2-4-12)7-13(19-17)8-11-5-6-18-14(16)9-11/h1-6,9,13,19H,7-8,17H2,(H2,16,18). The number of hydrogen-bond acceptors (Lipinski definition) is 4. The van der Waals surface area contributed by atoms with E-state index in [9.17, 15) is 4.39 Å². The summed E-state index contributed by atoms with van der Waals surface area (Å²) < 4.78 is 12.8. The molecule has 5 heteroatoms. The molecule has 0 saturated carbocycles. The van der Waals surface area contributed by atoms with Gasteiger partial charge in [-0.25, -0.2) is 9.37 Å². The van der Waals surface area contributed by atoms with Crippen LogP contribution in [0.5, 0.6) is 0 Å². The fourth-order valence-corrected chi connectivity index (χ4v) is 2.00. The normalized spacial score (nSPS) is 12.3. The van der Waals surface area contributed by atoms with Gasteiger partial charge in [-0.05, 0) is 48.2 Å². The maximum absolute atomic E-state index is 12.8. The second kappa shape index (κ2) is 6.26. The highest BCUT2D eigenvalue weighted by Crippen LogP contribution is 2.11. The number of pyridine rings is 1. The molecule has 0 aliphatic carbocycles. The van der Waals surface area contributed by atoms with Crippen LogP contribution < -0.4 is 17.0 Å². The van der Waals surface area contributed by atoms with Gasteiger partial charge in [0.25, 0.3) is 0 Å².